The highest BCUT2D eigenvalue weighted by Gasteiger charge is 2.19. The SMILES string of the molecule is COc1cccc(N2CCN(CCC(C)(C)C)CC2)c1. The summed E-state index contributed by atoms with van der Waals surface area (Å²) in [6, 6.07) is 8.38. The predicted molar refractivity (Wildman–Crippen MR) is 85.7 cm³/mol. The van der Waals surface area contributed by atoms with Crippen LogP contribution in [0.4, 0.5) is 5.69 Å². The Morgan fingerprint density at radius 3 is 2.40 bits per heavy atom. The minimum atomic E-state index is 0.434. The van der Waals surface area contributed by atoms with Crippen molar-refractivity contribution in [3.8, 4) is 5.75 Å². The molecule has 1 aromatic carbocycles. The summed E-state index contributed by atoms with van der Waals surface area (Å²) in [5.41, 5.74) is 1.71. The number of benzene rings is 1. The van der Waals surface area contributed by atoms with Gasteiger partial charge in [-0.3, -0.25) is 4.90 Å². The van der Waals surface area contributed by atoms with Crippen LogP contribution in [0.2, 0.25) is 0 Å². The monoisotopic (exact) mass is 276 g/mol. The molecular formula is C17H28N2O. The average Bonchev–Trinajstić information content (AvgIpc) is 2.45. The summed E-state index contributed by atoms with van der Waals surface area (Å²) in [5.74, 6) is 0.942. The van der Waals surface area contributed by atoms with Crippen LogP contribution < -0.4 is 9.64 Å². The fraction of sp³-hybridized carbons (Fsp3) is 0.647. The van der Waals surface area contributed by atoms with Gasteiger partial charge in [0.1, 0.15) is 5.75 Å². The Kier molecular flexibility index (Phi) is 4.92. The third kappa shape index (κ3) is 4.41. The number of anilines is 1. The van der Waals surface area contributed by atoms with Gasteiger partial charge >= 0.3 is 0 Å². The van der Waals surface area contributed by atoms with Gasteiger partial charge in [0, 0.05) is 37.9 Å². The van der Waals surface area contributed by atoms with Gasteiger partial charge in [-0.25, -0.2) is 0 Å². The molecule has 0 saturated carbocycles. The third-order valence-electron chi connectivity index (χ3n) is 3.97. The maximum Gasteiger partial charge on any atom is 0.120 e. The lowest BCUT2D eigenvalue weighted by molar-refractivity contribution is 0.217. The second kappa shape index (κ2) is 6.49. The first kappa shape index (κ1) is 15.2. The summed E-state index contributed by atoms with van der Waals surface area (Å²) in [6.45, 7) is 12.7. The number of nitrogens with zero attached hydrogens (tertiary/aromatic N) is 2. The van der Waals surface area contributed by atoms with Gasteiger partial charge in [0.25, 0.3) is 0 Å². The normalized spacial score (nSPS) is 17.3. The maximum absolute atomic E-state index is 5.31. The molecule has 3 heteroatoms. The molecule has 2 rings (SSSR count). The Hall–Kier alpha value is -1.22. The number of hydrogen-bond acceptors (Lipinski definition) is 3. The second-order valence-corrected chi connectivity index (χ2v) is 6.84. The van der Waals surface area contributed by atoms with Gasteiger partial charge in [0.05, 0.1) is 7.11 Å². The standard InChI is InChI=1S/C17H28N2O/c1-17(2,3)8-9-18-10-12-19(13-11-18)15-6-5-7-16(14-15)20-4/h5-7,14H,8-13H2,1-4H3. The molecule has 0 N–H and O–H groups in total. The molecule has 1 aliphatic heterocycles. The summed E-state index contributed by atoms with van der Waals surface area (Å²) in [4.78, 5) is 5.04. The van der Waals surface area contributed by atoms with Crippen molar-refractivity contribution >= 4 is 5.69 Å². The first-order chi connectivity index (χ1) is 9.48. The molecule has 1 fully saturated rings. The molecule has 0 aliphatic carbocycles. The van der Waals surface area contributed by atoms with Crippen molar-refractivity contribution in [1.82, 2.24) is 4.90 Å². The van der Waals surface area contributed by atoms with E-state index in [1.165, 1.54) is 18.7 Å². The largest absolute Gasteiger partial charge is 0.497 e. The van der Waals surface area contributed by atoms with Crippen molar-refractivity contribution in [2.45, 2.75) is 27.2 Å². The highest BCUT2D eigenvalue weighted by Crippen LogP contribution is 2.23. The minimum absolute atomic E-state index is 0.434. The predicted octanol–water partition coefficient (Wildman–Crippen LogP) is 3.25. The highest BCUT2D eigenvalue weighted by molar-refractivity contribution is 5.51. The van der Waals surface area contributed by atoms with Crippen molar-refractivity contribution in [3.05, 3.63) is 24.3 Å². The highest BCUT2D eigenvalue weighted by atomic mass is 16.5. The zero-order chi connectivity index (χ0) is 14.6. The molecule has 0 atom stereocenters. The zero-order valence-corrected chi connectivity index (χ0v) is 13.4. The van der Waals surface area contributed by atoms with E-state index in [9.17, 15) is 0 Å². The molecule has 20 heavy (non-hydrogen) atoms. The van der Waals surface area contributed by atoms with Crippen molar-refractivity contribution in [2.24, 2.45) is 5.41 Å². The lowest BCUT2D eigenvalue weighted by Crippen LogP contribution is -2.47. The molecule has 0 unspecified atom stereocenters. The number of piperazine rings is 1. The number of rotatable bonds is 4. The summed E-state index contributed by atoms with van der Waals surface area (Å²) >= 11 is 0. The van der Waals surface area contributed by atoms with Gasteiger partial charge in [0.15, 0.2) is 0 Å². The molecule has 1 aliphatic rings. The van der Waals surface area contributed by atoms with Crippen LogP contribution in [-0.4, -0.2) is 44.7 Å². The molecule has 1 saturated heterocycles. The van der Waals surface area contributed by atoms with Gasteiger partial charge in [-0.15, -0.1) is 0 Å². The van der Waals surface area contributed by atoms with Crippen LogP contribution in [0, 0.1) is 5.41 Å². The fourth-order valence-corrected chi connectivity index (χ4v) is 2.53. The van der Waals surface area contributed by atoms with E-state index in [1.54, 1.807) is 7.11 Å². The fourth-order valence-electron chi connectivity index (χ4n) is 2.53. The van der Waals surface area contributed by atoms with Crippen molar-refractivity contribution in [3.63, 3.8) is 0 Å². The van der Waals surface area contributed by atoms with Gasteiger partial charge in [-0.2, -0.15) is 0 Å². The van der Waals surface area contributed by atoms with Crippen LogP contribution in [0.25, 0.3) is 0 Å². The summed E-state index contributed by atoms with van der Waals surface area (Å²) in [7, 11) is 1.73. The van der Waals surface area contributed by atoms with Crippen LogP contribution in [0.5, 0.6) is 5.75 Å². The molecule has 1 aromatic rings. The number of hydrogen-bond donors (Lipinski definition) is 0. The second-order valence-electron chi connectivity index (χ2n) is 6.84. The summed E-state index contributed by atoms with van der Waals surface area (Å²) in [6.07, 6.45) is 1.27. The van der Waals surface area contributed by atoms with Crippen LogP contribution in [-0.2, 0) is 0 Å². The maximum atomic E-state index is 5.31. The first-order valence-electron chi connectivity index (χ1n) is 7.59. The van der Waals surface area contributed by atoms with Gasteiger partial charge < -0.3 is 9.64 Å². The summed E-state index contributed by atoms with van der Waals surface area (Å²) in [5, 5.41) is 0. The van der Waals surface area contributed by atoms with E-state index in [0.717, 1.165) is 31.9 Å². The van der Waals surface area contributed by atoms with Crippen LogP contribution >= 0.6 is 0 Å². The lowest BCUT2D eigenvalue weighted by atomic mass is 9.92. The van der Waals surface area contributed by atoms with Crippen LogP contribution in [0.3, 0.4) is 0 Å². The topological polar surface area (TPSA) is 15.7 Å². The Bertz CT molecular complexity index is 417. The molecule has 3 nitrogen and oxygen atoms in total. The molecule has 112 valence electrons. The minimum Gasteiger partial charge on any atom is -0.497 e. The van der Waals surface area contributed by atoms with E-state index in [1.807, 2.05) is 6.07 Å². The third-order valence-corrected chi connectivity index (χ3v) is 3.97. The quantitative estimate of drug-likeness (QED) is 0.839. The van der Waals surface area contributed by atoms with Crippen molar-refractivity contribution in [1.29, 1.82) is 0 Å². The van der Waals surface area contributed by atoms with Crippen LogP contribution in [0.1, 0.15) is 27.2 Å². The number of methoxy groups -OCH3 is 1. The van der Waals surface area contributed by atoms with Crippen molar-refractivity contribution in [2.75, 3.05) is 44.7 Å². The molecule has 0 aromatic heterocycles. The van der Waals surface area contributed by atoms with E-state index in [2.05, 4.69) is 48.8 Å². The molecule has 0 spiro atoms. The molecule has 1 heterocycles. The van der Waals surface area contributed by atoms with E-state index in [0.29, 0.717) is 5.41 Å². The Morgan fingerprint density at radius 1 is 1.10 bits per heavy atom. The Morgan fingerprint density at radius 2 is 1.80 bits per heavy atom. The summed E-state index contributed by atoms with van der Waals surface area (Å²) < 4.78 is 5.31. The van der Waals surface area contributed by atoms with Gasteiger partial charge in [-0.05, 0) is 30.5 Å². The number of ether oxygens (including phenoxy) is 1. The van der Waals surface area contributed by atoms with E-state index in [-0.39, 0.29) is 0 Å². The Balaban J connectivity index is 1.84. The average molecular weight is 276 g/mol. The Labute approximate surface area is 123 Å². The molecular weight excluding hydrogens is 248 g/mol. The van der Waals surface area contributed by atoms with Crippen LogP contribution in [0.15, 0.2) is 24.3 Å². The molecule has 0 radical (unpaired) electrons. The lowest BCUT2D eigenvalue weighted by Gasteiger charge is -2.37. The van der Waals surface area contributed by atoms with E-state index >= 15 is 0 Å². The molecule has 0 amide bonds. The smallest absolute Gasteiger partial charge is 0.120 e. The van der Waals surface area contributed by atoms with Gasteiger partial charge in [-0.1, -0.05) is 26.8 Å². The van der Waals surface area contributed by atoms with E-state index < -0.39 is 0 Å². The molecule has 0 bridgehead atoms. The van der Waals surface area contributed by atoms with Gasteiger partial charge in [0.2, 0.25) is 0 Å². The first-order valence-corrected chi connectivity index (χ1v) is 7.59. The van der Waals surface area contributed by atoms with Crippen molar-refractivity contribution < 1.29 is 4.74 Å². The zero-order valence-electron chi connectivity index (χ0n) is 13.4. The van der Waals surface area contributed by atoms with E-state index in [4.69, 9.17) is 4.74 Å².